The van der Waals surface area contributed by atoms with Crippen LogP contribution in [0.3, 0.4) is 0 Å². The molecule has 66 valence electrons. The molecule has 1 rings (SSSR count). The van der Waals surface area contributed by atoms with Gasteiger partial charge in [0.2, 0.25) is 0 Å². The number of ketones is 1. The van der Waals surface area contributed by atoms with Gasteiger partial charge >= 0.3 is 0 Å². The molecule has 0 saturated heterocycles. The summed E-state index contributed by atoms with van der Waals surface area (Å²) < 4.78 is 0. The number of benzene rings is 1. The number of carbonyl (C=O) groups is 1. The standard InChI is InChI=1S/C9H11NO.ClH/c1-7(11)9(10)8-5-3-2-4-6-8;/h2-6,9H,10H2,1H3;1H/t9-;/m0./s1. The predicted octanol–water partition coefficient (Wildman–Crippen LogP) is 1.70. The molecular formula is C9H12ClNO. The van der Waals surface area contributed by atoms with Crippen LogP contribution in [0.4, 0.5) is 0 Å². The van der Waals surface area contributed by atoms with Crippen LogP contribution in [0.25, 0.3) is 0 Å². The maximum Gasteiger partial charge on any atom is 0.150 e. The number of halogens is 1. The van der Waals surface area contributed by atoms with Crippen molar-refractivity contribution in [2.75, 3.05) is 0 Å². The zero-order chi connectivity index (χ0) is 8.27. The van der Waals surface area contributed by atoms with Gasteiger partial charge in [-0.1, -0.05) is 30.3 Å². The molecule has 0 unspecified atom stereocenters. The van der Waals surface area contributed by atoms with Crippen molar-refractivity contribution in [3.63, 3.8) is 0 Å². The summed E-state index contributed by atoms with van der Waals surface area (Å²) in [5.41, 5.74) is 6.46. The minimum Gasteiger partial charge on any atom is -0.318 e. The van der Waals surface area contributed by atoms with E-state index in [9.17, 15) is 4.79 Å². The maximum absolute atomic E-state index is 10.8. The third kappa shape index (κ3) is 2.64. The highest BCUT2D eigenvalue weighted by molar-refractivity contribution is 5.85. The summed E-state index contributed by atoms with van der Waals surface area (Å²) in [5, 5.41) is 0. The van der Waals surface area contributed by atoms with Crippen molar-refractivity contribution < 1.29 is 4.79 Å². The zero-order valence-corrected chi connectivity index (χ0v) is 7.67. The molecule has 0 radical (unpaired) electrons. The largest absolute Gasteiger partial charge is 0.318 e. The van der Waals surface area contributed by atoms with Crippen LogP contribution in [0.1, 0.15) is 18.5 Å². The van der Waals surface area contributed by atoms with E-state index in [1.807, 2.05) is 30.3 Å². The van der Waals surface area contributed by atoms with Gasteiger partial charge in [0.25, 0.3) is 0 Å². The Morgan fingerprint density at radius 1 is 1.33 bits per heavy atom. The first-order valence-corrected chi connectivity index (χ1v) is 3.53. The van der Waals surface area contributed by atoms with E-state index < -0.39 is 6.04 Å². The third-order valence-corrected chi connectivity index (χ3v) is 1.60. The summed E-state index contributed by atoms with van der Waals surface area (Å²) >= 11 is 0. The Labute approximate surface area is 78.2 Å². The number of hydrogen-bond acceptors (Lipinski definition) is 2. The summed E-state index contributed by atoms with van der Waals surface area (Å²) in [6, 6.07) is 8.89. The molecule has 2 nitrogen and oxygen atoms in total. The third-order valence-electron chi connectivity index (χ3n) is 1.60. The molecule has 3 heteroatoms. The molecule has 1 aromatic rings. The molecule has 0 aliphatic heterocycles. The van der Waals surface area contributed by atoms with Gasteiger partial charge < -0.3 is 5.73 Å². The lowest BCUT2D eigenvalue weighted by molar-refractivity contribution is -0.118. The number of Topliss-reactive ketones (excluding diaryl/α,β-unsaturated/α-hetero) is 1. The number of carbonyl (C=O) groups excluding carboxylic acids is 1. The van der Waals surface area contributed by atoms with Gasteiger partial charge in [-0.05, 0) is 12.5 Å². The normalized spacial score (nSPS) is 11.5. The van der Waals surface area contributed by atoms with Gasteiger partial charge in [0, 0.05) is 0 Å². The lowest BCUT2D eigenvalue weighted by Gasteiger charge is -2.06. The van der Waals surface area contributed by atoms with Crippen LogP contribution in [-0.4, -0.2) is 5.78 Å². The molecule has 12 heavy (non-hydrogen) atoms. The van der Waals surface area contributed by atoms with Gasteiger partial charge in [-0.3, -0.25) is 4.79 Å². The second kappa shape index (κ2) is 4.91. The number of rotatable bonds is 2. The van der Waals surface area contributed by atoms with Crippen molar-refractivity contribution in [2.45, 2.75) is 13.0 Å². The molecule has 0 heterocycles. The van der Waals surface area contributed by atoms with E-state index in [0.717, 1.165) is 5.56 Å². The lowest BCUT2D eigenvalue weighted by atomic mass is 10.1. The monoisotopic (exact) mass is 185 g/mol. The predicted molar refractivity (Wildman–Crippen MR) is 51.3 cm³/mol. The van der Waals surface area contributed by atoms with Crippen molar-refractivity contribution in [3.8, 4) is 0 Å². The smallest absolute Gasteiger partial charge is 0.150 e. The highest BCUT2D eigenvalue weighted by Gasteiger charge is 2.08. The maximum atomic E-state index is 10.8. The van der Waals surface area contributed by atoms with E-state index >= 15 is 0 Å². The van der Waals surface area contributed by atoms with E-state index in [1.165, 1.54) is 6.92 Å². The van der Waals surface area contributed by atoms with Crippen molar-refractivity contribution in [3.05, 3.63) is 35.9 Å². The topological polar surface area (TPSA) is 43.1 Å². The van der Waals surface area contributed by atoms with Crippen LogP contribution in [0, 0.1) is 0 Å². The van der Waals surface area contributed by atoms with Crippen LogP contribution >= 0.6 is 12.4 Å². The lowest BCUT2D eigenvalue weighted by Crippen LogP contribution is -2.18. The van der Waals surface area contributed by atoms with E-state index in [2.05, 4.69) is 0 Å². The van der Waals surface area contributed by atoms with Gasteiger partial charge in [0.15, 0.2) is 5.78 Å². The first kappa shape index (κ1) is 11.1. The van der Waals surface area contributed by atoms with Gasteiger partial charge in [0.05, 0.1) is 6.04 Å². The molecule has 0 aromatic heterocycles. The Balaban J connectivity index is 0.00000121. The van der Waals surface area contributed by atoms with Crippen molar-refractivity contribution in [1.82, 2.24) is 0 Å². The highest BCUT2D eigenvalue weighted by atomic mass is 35.5. The van der Waals surface area contributed by atoms with Crippen molar-refractivity contribution in [1.29, 1.82) is 0 Å². The van der Waals surface area contributed by atoms with Crippen molar-refractivity contribution >= 4 is 18.2 Å². The quantitative estimate of drug-likeness (QED) is 0.762. The molecule has 1 aromatic carbocycles. The Bertz CT molecular complexity index is 248. The summed E-state index contributed by atoms with van der Waals surface area (Å²) in [7, 11) is 0. The van der Waals surface area contributed by atoms with Crippen LogP contribution in [0.5, 0.6) is 0 Å². The molecule has 0 aliphatic rings. The Hall–Kier alpha value is -0.860. The van der Waals surface area contributed by atoms with Gasteiger partial charge in [0.1, 0.15) is 0 Å². The first-order chi connectivity index (χ1) is 5.22. The second-order valence-corrected chi connectivity index (χ2v) is 2.50. The second-order valence-electron chi connectivity index (χ2n) is 2.50. The highest BCUT2D eigenvalue weighted by Crippen LogP contribution is 2.09. The SMILES string of the molecule is CC(=O)[C@H](N)c1ccccc1.Cl. The molecule has 0 spiro atoms. The molecule has 1 atom stereocenters. The molecule has 0 bridgehead atoms. The van der Waals surface area contributed by atoms with E-state index in [-0.39, 0.29) is 18.2 Å². The van der Waals surface area contributed by atoms with Gasteiger partial charge in [-0.25, -0.2) is 0 Å². The molecule has 0 fully saturated rings. The van der Waals surface area contributed by atoms with E-state index in [0.29, 0.717) is 0 Å². The van der Waals surface area contributed by atoms with Gasteiger partial charge in [-0.15, -0.1) is 12.4 Å². The molecule has 0 aliphatic carbocycles. The van der Waals surface area contributed by atoms with Crippen LogP contribution < -0.4 is 5.73 Å². The minimum atomic E-state index is -0.462. The summed E-state index contributed by atoms with van der Waals surface area (Å²) in [5.74, 6) is -0.00352. The Morgan fingerprint density at radius 2 is 1.83 bits per heavy atom. The average molecular weight is 186 g/mol. The van der Waals surface area contributed by atoms with Crippen molar-refractivity contribution in [2.24, 2.45) is 5.73 Å². The summed E-state index contributed by atoms with van der Waals surface area (Å²) in [6.07, 6.45) is 0. The molecule has 0 amide bonds. The summed E-state index contributed by atoms with van der Waals surface area (Å²) in [4.78, 5) is 10.8. The fourth-order valence-corrected chi connectivity index (χ4v) is 0.895. The Morgan fingerprint density at radius 3 is 2.25 bits per heavy atom. The van der Waals surface area contributed by atoms with Crippen LogP contribution in [0.2, 0.25) is 0 Å². The number of nitrogens with two attached hydrogens (primary N) is 1. The molecular weight excluding hydrogens is 174 g/mol. The van der Waals surface area contributed by atoms with Crippen LogP contribution in [-0.2, 0) is 4.79 Å². The molecule has 0 saturated carbocycles. The fourth-order valence-electron chi connectivity index (χ4n) is 0.895. The van der Waals surface area contributed by atoms with Crippen LogP contribution in [0.15, 0.2) is 30.3 Å². The fraction of sp³-hybridized carbons (Fsp3) is 0.222. The zero-order valence-electron chi connectivity index (χ0n) is 6.86. The molecule has 2 N–H and O–H groups in total. The van der Waals surface area contributed by atoms with E-state index in [1.54, 1.807) is 0 Å². The minimum absolute atomic E-state index is 0. The number of hydrogen-bond donors (Lipinski definition) is 1. The van der Waals surface area contributed by atoms with E-state index in [4.69, 9.17) is 5.73 Å². The Kier molecular flexibility index (Phi) is 4.55. The van der Waals surface area contributed by atoms with Gasteiger partial charge in [-0.2, -0.15) is 0 Å². The summed E-state index contributed by atoms with van der Waals surface area (Å²) in [6.45, 7) is 1.50. The average Bonchev–Trinajstić information content (AvgIpc) is 2.05. The first-order valence-electron chi connectivity index (χ1n) is 3.53.